The van der Waals surface area contributed by atoms with Crippen molar-refractivity contribution in [2.45, 2.75) is 0 Å². The van der Waals surface area contributed by atoms with E-state index in [1.807, 2.05) is 0 Å². The fraction of sp³-hybridized carbons (Fsp3) is 0. The summed E-state index contributed by atoms with van der Waals surface area (Å²) in [6.45, 7) is 0. The van der Waals surface area contributed by atoms with Crippen LogP contribution in [-0.2, 0) is 36.6 Å². The van der Waals surface area contributed by atoms with E-state index in [-0.39, 0.29) is 30.0 Å². The minimum absolute atomic E-state index is 0. The first-order valence-electron chi connectivity index (χ1n) is 0.136. The van der Waals surface area contributed by atoms with Gasteiger partial charge in [0.2, 0.25) is 0 Å². The van der Waals surface area contributed by atoms with Gasteiger partial charge in [0.05, 0.1) is 0 Å². The van der Waals surface area contributed by atoms with E-state index in [1.54, 1.807) is 0 Å². The number of hydrogen-bond donors (Lipinski definition) is 0. The van der Waals surface area contributed by atoms with Crippen LogP contribution in [0.5, 0.6) is 0 Å². The molecule has 0 atom stereocenters. The minimum atomic E-state index is 0. The molecule has 0 spiro atoms. The Balaban J connectivity index is -0.000000000833. The van der Waals surface area contributed by atoms with Gasteiger partial charge in [-0.3, -0.25) is 0 Å². The van der Waals surface area contributed by atoms with Crippen LogP contribution in [0.25, 0.3) is 0 Å². The second-order valence-corrected chi connectivity index (χ2v) is 0. The normalized spacial score (nSPS) is 1.25. The molecule has 0 fully saturated rings. The van der Waals surface area contributed by atoms with Crippen molar-refractivity contribution in [2.75, 3.05) is 0 Å². The molecule has 0 saturated carbocycles. The SMILES string of the molecule is [Be+2].[Cu].[H-].[H-].[O]=[Co]. The Bertz CT molecular complexity index is 13.5. The number of rotatable bonds is 0. The average Bonchev–Trinajstić information content (AvgIpc) is 1.00. The Labute approximate surface area is 50.0 Å². The first-order chi connectivity index (χ1) is 1.00. The van der Waals surface area contributed by atoms with E-state index >= 15 is 0 Å². The zero-order chi connectivity index (χ0) is 2.00. The zero-order valence-corrected chi connectivity index (χ0v) is 3.73. The predicted octanol–water partition coefficient (Wildman–Crippen LogP) is -0.280. The van der Waals surface area contributed by atoms with Crippen molar-refractivity contribution in [1.82, 2.24) is 0 Å². The third kappa shape index (κ3) is 12.0. The van der Waals surface area contributed by atoms with Crippen molar-refractivity contribution in [2.24, 2.45) is 0 Å². The number of hydrogen-bond acceptors (Lipinski definition) is 1. The molecule has 0 rings (SSSR count). The molecule has 0 N–H and O–H groups in total. The van der Waals surface area contributed by atoms with Crippen molar-refractivity contribution in [1.29, 1.82) is 0 Å². The van der Waals surface area contributed by atoms with Crippen molar-refractivity contribution >= 4 is 10.1 Å². The van der Waals surface area contributed by atoms with Gasteiger partial charge in [0, 0.05) is 17.1 Å². The van der Waals surface area contributed by atoms with Crippen LogP contribution in [0.3, 0.4) is 0 Å². The van der Waals surface area contributed by atoms with Crippen LogP contribution < -0.4 is 0 Å². The van der Waals surface area contributed by atoms with E-state index < -0.39 is 0 Å². The average molecular weight is 150 g/mol. The second kappa shape index (κ2) is 36.2. The summed E-state index contributed by atoms with van der Waals surface area (Å²) in [5.74, 6) is 0. The Hall–Kier alpha value is 0.995. The fourth-order valence-corrected chi connectivity index (χ4v) is 0. The van der Waals surface area contributed by atoms with Gasteiger partial charge in [0.15, 0.2) is 0 Å². The first kappa shape index (κ1) is 20.0. The molecular weight excluding hydrogens is 147 g/mol. The summed E-state index contributed by atoms with van der Waals surface area (Å²) in [4.78, 5) is 0. The topological polar surface area (TPSA) is 17.1 Å². The van der Waals surface area contributed by atoms with Crippen LogP contribution >= 0.6 is 0 Å². The molecule has 0 saturated heterocycles. The molecule has 0 aliphatic carbocycles. The Morgan fingerprint density at radius 2 is 1.50 bits per heavy atom. The quantitative estimate of drug-likeness (QED) is 0.433. The van der Waals surface area contributed by atoms with E-state index in [9.17, 15) is 0 Å². The van der Waals surface area contributed by atoms with Gasteiger partial charge >= 0.3 is 29.7 Å². The van der Waals surface area contributed by atoms with Crippen LogP contribution in [0.2, 0.25) is 0 Å². The summed E-state index contributed by atoms with van der Waals surface area (Å²) in [6.07, 6.45) is 0. The monoisotopic (exact) mass is 149 g/mol. The van der Waals surface area contributed by atoms with Gasteiger partial charge in [-0.05, 0) is 0 Å². The summed E-state index contributed by atoms with van der Waals surface area (Å²) in [5.41, 5.74) is 0. The van der Waals surface area contributed by atoms with Crippen molar-refractivity contribution < 1.29 is 39.5 Å². The molecule has 0 heterocycles. The molecule has 0 bridgehead atoms. The van der Waals surface area contributed by atoms with Crippen molar-refractivity contribution in [3.8, 4) is 0 Å². The molecule has 0 aliphatic rings. The molecule has 1 nitrogen and oxygen atoms in total. The first-order valence-corrected chi connectivity index (χ1v) is 0.561. The molecular formula is H2BeCoCuO. The van der Waals surface area contributed by atoms with E-state index in [0.717, 1.165) is 0 Å². The van der Waals surface area contributed by atoms with Crippen molar-refractivity contribution in [3.63, 3.8) is 0 Å². The summed E-state index contributed by atoms with van der Waals surface area (Å²) in [7, 11) is 0. The summed E-state index contributed by atoms with van der Waals surface area (Å²) in [5, 5.41) is 0. The van der Waals surface area contributed by atoms with E-state index in [4.69, 9.17) is 3.87 Å². The Morgan fingerprint density at radius 3 is 1.50 bits per heavy atom. The van der Waals surface area contributed by atoms with Gasteiger partial charge in [0.1, 0.15) is 0 Å². The van der Waals surface area contributed by atoms with Gasteiger partial charge < -0.3 is 2.85 Å². The standard InChI is InChI=1S/Be.Co.Cu.O.2H/q+2;;;;2*-1. The van der Waals surface area contributed by atoms with Gasteiger partial charge in [0.25, 0.3) is 0 Å². The third-order valence-corrected chi connectivity index (χ3v) is 0. The molecule has 1 radical (unpaired) electrons. The molecule has 4 heteroatoms. The van der Waals surface area contributed by atoms with Crippen LogP contribution in [0.4, 0.5) is 0 Å². The third-order valence-electron chi connectivity index (χ3n) is 0. The molecule has 4 heavy (non-hydrogen) atoms. The molecule has 0 aromatic carbocycles. The molecule has 0 unspecified atom stereocenters. The van der Waals surface area contributed by atoms with Crippen LogP contribution in [0.1, 0.15) is 2.85 Å². The van der Waals surface area contributed by atoms with E-state index in [0.29, 0.717) is 0 Å². The van der Waals surface area contributed by atoms with Crippen LogP contribution in [-0.4, -0.2) is 10.1 Å². The Morgan fingerprint density at radius 1 is 1.50 bits per heavy atom. The molecule has 0 aromatic rings. The second-order valence-electron chi connectivity index (χ2n) is 0. The molecule has 30 valence electrons. The summed E-state index contributed by atoms with van der Waals surface area (Å²) >= 11 is 2.31. The van der Waals surface area contributed by atoms with Crippen LogP contribution in [0, 0.1) is 0 Å². The van der Waals surface area contributed by atoms with Gasteiger partial charge in [-0.1, -0.05) is 0 Å². The van der Waals surface area contributed by atoms with E-state index in [2.05, 4.69) is 15.7 Å². The Kier molecular flexibility index (Phi) is 181. The molecule has 0 aromatic heterocycles. The summed E-state index contributed by atoms with van der Waals surface area (Å²) < 4.78 is 7.94. The molecule has 0 amide bonds. The summed E-state index contributed by atoms with van der Waals surface area (Å²) in [6, 6.07) is 0. The van der Waals surface area contributed by atoms with Gasteiger partial charge in [-0.25, -0.2) is 0 Å². The van der Waals surface area contributed by atoms with Gasteiger partial charge in [-0.2, -0.15) is 0 Å². The maximum atomic E-state index is 7.94. The maximum absolute atomic E-state index is 7.94. The van der Waals surface area contributed by atoms with E-state index in [1.165, 1.54) is 0 Å². The van der Waals surface area contributed by atoms with Crippen LogP contribution in [0.15, 0.2) is 0 Å². The predicted molar refractivity (Wildman–Crippen MR) is 8.66 cm³/mol. The zero-order valence-electron chi connectivity index (χ0n) is 3.75. The molecule has 0 aliphatic heterocycles. The fourth-order valence-electron chi connectivity index (χ4n) is 0. The van der Waals surface area contributed by atoms with Crippen molar-refractivity contribution in [3.05, 3.63) is 0 Å². The van der Waals surface area contributed by atoms with Gasteiger partial charge in [-0.15, -0.1) is 0 Å².